The summed E-state index contributed by atoms with van der Waals surface area (Å²) in [5.74, 6) is 1.52. The second-order valence-corrected chi connectivity index (χ2v) is 5.03. The fourth-order valence-corrected chi connectivity index (χ4v) is 2.27. The minimum absolute atomic E-state index is 0.0172. The van der Waals surface area contributed by atoms with Crippen molar-refractivity contribution in [2.75, 3.05) is 5.32 Å². The summed E-state index contributed by atoms with van der Waals surface area (Å²) in [5.41, 5.74) is 2.81. The minimum Gasteiger partial charge on any atom is -0.459 e. The molecule has 0 saturated heterocycles. The summed E-state index contributed by atoms with van der Waals surface area (Å²) >= 11 is 0. The maximum atomic E-state index is 5.84. The summed E-state index contributed by atoms with van der Waals surface area (Å²) in [4.78, 5) is 8.78. The number of nitrogens with zero attached hydrogens (tertiary/aromatic N) is 2. The smallest absolute Gasteiger partial charge is 0.223 e. The molecule has 0 aliphatic carbocycles. The molecule has 0 aliphatic rings. The minimum atomic E-state index is 0.0172. The van der Waals surface area contributed by atoms with Gasteiger partial charge in [0, 0.05) is 16.8 Å². The average Bonchev–Trinajstić information content (AvgIpc) is 2.81. The molecule has 0 unspecified atom stereocenters. The highest BCUT2D eigenvalue weighted by Crippen LogP contribution is 2.25. The molecule has 0 spiro atoms. The van der Waals surface area contributed by atoms with Crippen LogP contribution >= 0.6 is 0 Å². The van der Waals surface area contributed by atoms with Gasteiger partial charge in [-0.3, -0.25) is 0 Å². The summed E-state index contributed by atoms with van der Waals surface area (Å²) in [6.45, 7) is 5.97. The fraction of sp³-hybridized carbons (Fsp3) is 0.250. The van der Waals surface area contributed by atoms with E-state index in [1.807, 2.05) is 51.1 Å². The average molecular weight is 267 g/mol. The molecule has 2 heterocycles. The SMILES string of the molecule is Cc1cc(C)nc(N[C@H](C)c2cc3ccccc3o2)n1. The van der Waals surface area contributed by atoms with Crippen LogP contribution in [-0.4, -0.2) is 9.97 Å². The van der Waals surface area contributed by atoms with Crippen LogP contribution in [0.25, 0.3) is 11.0 Å². The molecule has 0 bridgehead atoms. The van der Waals surface area contributed by atoms with E-state index < -0.39 is 0 Å². The predicted molar refractivity (Wildman–Crippen MR) is 79.8 cm³/mol. The van der Waals surface area contributed by atoms with Crippen LogP contribution in [0.4, 0.5) is 5.95 Å². The van der Waals surface area contributed by atoms with Crippen molar-refractivity contribution in [1.29, 1.82) is 0 Å². The number of aryl methyl sites for hydroxylation is 2. The van der Waals surface area contributed by atoms with E-state index in [-0.39, 0.29) is 6.04 Å². The Morgan fingerprint density at radius 2 is 1.75 bits per heavy atom. The van der Waals surface area contributed by atoms with E-state index in [1.54, 1.807) is 0 Å². The Morgan fingerprint density at radius 1 is 1.05 bits per heavy atom. The molecule has 102 valence electrons. The van der Waals surface area contributed by atoms with Gasteiger partial charge in [-0.05, 0) is 39.0 Å². The van der Waals surface area contributed by atoms with Crippen molar-refractivity contribution in [2.24, 2.45) is 0 Å². The highest BCUT2D eigenvalue weighted by Gasteiger charge is 2.12. The first kappa shape index (κ1) is 12.7. The van der Waals surface area contributed by atoms with Gasteiger partial charge in [0.15, 0.2) is 0 Å². The summed E-state index contributed by atoms with van der Waals surface area (Å²) < 4.78 is 5.84. The molecule has 3 aromatic rings. The number of aromatic nitrogens is 2. The molecular weight excluding hydrogens is 250 g/mol. The molecule has 1 atom stereocenters. The molecule has 0 amide bonds. The van der Waals surface area contributed by atoms with Crippen LogP contribution in [0.3, 0.4) is 0 Å². The second kappa shape index (κ2) is 4.96. The number of fused-ring (bicyclic) bond motifs is 1. The van der Waals surface area contributed by atoms with Crippen molar-refractivity contribution in [1.82, 2.24) is 9.97 Å². The van der Waals surface area contributed by atoms with Gasteiger partial charge < -0.3 is 9.73 Å². The topological polar surface area (TPSA) is 51.0 Å². The van der Waals surface area contributed by atoms with Gasteiger partial charge in [-0.1, -0.05) is 18.2 Å². The van der Waals surface area contributed by atoms with E-state index >= 15 is 0 Å². The van der Waals surface area contributed by atoms with Crippen molar-refractivity contribution in [2.45, 2.75) is 26.8 Å². The Bertz CT molecular complexity index is 695. The van der Waals surface area contributed by atoms with Crippen molar-refractivity contribution in [3.63, 3.8) is 0 Å². The Kier molecular flexibility index (Phi) is 3.14. The van der Waals surface area contributed by atoms with Gasteiger partial charge >= 0.3 is 0 Å². The fourth-order valence-electron chi connectivity index (χ4n) is 2.27. The van der Waals surface area contributed by atoms with Crippen LogP contribution in [0.15, 0.2) is 40.8 Å². The number of benzene rings is 1. The van der Waals surface area contributed by atoms with E-state index in [0.717, 1.165) is 28.1 Å². The highest BCUT2D eigenvalue weighted by molar-refractivity contribution is 5.77. The Hall–Kier alpha value is -2.36. The molecule has 3 rings (SSSR count). The summed E-state index contributed by atoms with van der Waals surface area (Å²) in [5, 5.41) is 4.39. The predicted octanol–water partition coefficient (Wildman–Crippen LogP) is 4.01. The molecule has 1 N–H and O–H groups in total. The number of hydrogen-bond donors (Lipinski definition) is 1. The van der Waals surface area contributed by atoms with E-state index in [2.05, 4.69) is 21.4 Å². The molecule has 4 nitrogen and oxygen atoms in total. The summed E-state index contributed by atoms with van der Waals surface area (Å²) in [7, 11) is 0. The van der Waals surface area contributed by atoms with Gasteiger partial charge in [-0.25, -0.2) is 9.97 Å². The standard InChI is InChI=1S/C16H17N3O/c1-10-8-11(2)18-16(17-10)19-12(3)15-9-13-6-4-5-7-14(13)20-15/h4-9,12H,1-3H3,(H,17,18,19)/t12-/m1/s1. The lowest BCUT2D eigenvalue weighted by atomic mass is 10.2. The summed E-state index contributed by atoms with van der Waals surface area (Å²) in [6, 6.07) is 12.0. The van der Waals surface area contributed by atoms with E-state index in [9.17, 15) is 0 Å². The van der Waals surface area contributed by atoms with Crippen LogP contribution in [-0.2, 0) is 0 Å². The van der Waals surface area contributed by atoms with E-state index in [0.29, 0.717) is 5.95 Å². The summed E-state index contributed by atoms with van der Waals surface area (Å²) in [6.07, 6.45) is 0. The first-order valence-electron chi connectivity index (χ1n) is 6.69. The molecule has 0 fully saturated rings. The second-order valence-electron chi connectivity index (χ2n) is 5.03. The zero-order valence-corrected chi connectivity index (χ0v) is 11.8. The maximum absolute atomic E-state index is 5.84. The van der Waals surface area contributed by atoms with Gasteiger partial charge in [0.05, 0.1) is 6.04 Å². The third-order valence-corrected chi connectivity index (χ3v) is 3.20. The van der Waals surface area contributed by atoms with Gasteiger partial charge in [0.25, 0.3) is 0 Å². The molecule has 2 aromatic heterocycles. The lowest BCUT2D eigenvalue weighted by molar-refractivity contribution is 0.524. The Labute approximate surface area is 117 Å². The number of para-hydroxylation sites is 1. The van der Waals surface area contributed by atoms with Crippen molar-refractivity contribution >= 4 is 16.9 Å². The van der Waals surface area contributed by atoms with E-state index in [4.69, 9.17) is 4.42 Å². The van der Waals surface area contributed by atoms with Crippen LogP contribution < -0.4 is 5.32 Å². The lowest BCUT2D eigenvalue weighted by Gasteiger charge is -2.11. The lowest BCUT2D eigenvalue weighted by Crippen LogP contribution is -2.09. The highest BCUT2D eigenvalue weighted by atomic mass is 16.3. The quantitative estimate of drug-likeness (QED) is 0.779. The van der Waals surface area contributed by atoms with Crippen LogP contribution in [0.5, 0.6) is 0 Å². The molecule has 1 aromatic carbocycles. The first-order chi connectivity index (χ1) is 9.61. The number of anilines is 1. The monoisotopic (exact) mass is 267 g/mol. The molecule has 20 heavy (non-hydrogen) atoms. The van der Waals surface area contributed by atoms with Gasteiger partial charge in [0.2, 0.25) is 5.95 Å². The first-order valence-corrected chi connectivity index (χ1v) is 6.69. The molecule has 4 heteroatoms. The Balaban J connectivity index is 1.86. The zero-order chi connectivity index (χ0) is 14.1. The van der Waals surface area contributed by atoms with Gasteiger partial charge in [-0.15, -0.1) is 0 Å². The van der Waals surface area contributed by atoms with Crippen molar-refractivity contribution < 1.29 is 4.42 Å². The number of hydrogen-bond acceptors (Lipinski definition) is 4. The van der Waals surface area contributed by atoms with Crippen LogP contribution in [0.1, 0.15) is 30.1 Å². The van der Waals surface area contributed by atoms with Crippen molar-refractivity contribution in [3.05, 3.63) is 53.5 Å². The normalized spacial score (nSPS) is 12.6. The van der Waals surface area contributed by atoms with Gasteiger partial charge in [0.1, 0.15) is 11.3 Å². The molecule has 0 saturated carbocycles. The number of rotatable bonds is 3. The molecule has 0 aliphatic heterocycles. The van der Waals surface area contributed by atoms with Crippen LogP contribution in [0, 0.1) is 13.8 Å². The van der Waals surface area contributed by atoms with Crippen molar-refractivity contribution in [3.8, 4) is 0 Å². The zero-order valence-electron chi connectivity index (χ0n) is 11.8. The van der Waals surface area contributed by atoms with Gasteiger partial charge in [-0.2, -0.15) is 0 Å². The number of furan rings is 1. The number of nitrogens with one attached hydrogen (secondary N) is 1. The maximum Gasteiger partial charge on any atom is 0.223 e. The van der Waals surface area contributed by atoms with Crippen LogP contribution in [0.2, 0.25) is 0 Å². The molecular formula is C16H17N3O. The third kappa shape index (κ3) is 2.50. The Morgan fingerprint density at radius 3 is 2.45 bits per heavy atom. The third-order valence-electron chi connectivity index (χ3n) is 3.20. The largest absolute Gasteiger partial charge is 0.459 e. The molecule has 0 radical (unpaired) electrons. The van der Waals surface area contributed by atoms with E-state index in [1.165, 1.54) is 0 Å².